The lowest BCUT2D eigenvalue weighted by Crippen LogP contribution is -2.47. The molecule has 0 bridgehead atoms. The van der Waals surface area contributed by atoms with E-state index in [1.54, 1.807) is 0 Å². The van der Waals surface area contributed by atoms with Crippen molar-refractivity contribution in [3.05, 3.63) is 0 Å². The van der Waals surface area contributed by atoms with Gasteiger partial charge in [0.1, 0.15) is 0 Å². The van der Waals surface area contributed by atoms with E-state index in [1.807, 2.05) is 6.92 Å². The van der Waals surface area contributed by atoms with Crippen LogP contribution in [0.4, 0.5) is 0 Å². The zero-order valence-electron chi connectivity index (χ0n) is 9.66. The van der Waals surface area contributed by atoms with E-state index in [0.29, 0.717) is 12.5 Å². The summed E-state index contributed by atoms with van der Waals surface area (Å²) in [6.07, 6.45) is 0.0444. The summed E-state index contributed by atoms with van der Waals surface area (Å²) in [5.41, 5.74) is 0. The van der Waals surface area contributed by atoms with Gasteiger partial charge in [0.15, 0.2) is 8.32 Å². The summed E-state index contributed by atoms with van der Waals surface area (Å²) in [4.78, 5) is 11.3. The van der Waals surface area contributed by atoms with E-state index in [-0.39, 0.29) is 18.0 Å². The Balaban J connectivity index is 2.68. The smallest absolute Gasteiger partial charge is 0.311 e. The van der Waals surface area contributed by atoms with Crippen LogP contribution >= 0.6 is 0 Å². The highest BCUT2D eigenvalue weighted by molar-refractivity contribution is 6.69. The number of esters is 1. The average Bonchev–Trinajstić information content (AvgIpc) is 2.04. The van der Waals surface area contributed by atoms with Crippen LogP contribution < -0.4 is 0 Å². The summed E-state index contributed by atoms with van der Waals surface area (Å²) < 4.78 is 11.1. The zero-order chi connectivity index (χ0) is 10.9. The van der Waals surface area contributed by atoms with Gasteiger partial charge in [-0.15, -0.1) is 0 Å². The van der Waals surface area contributed by atoms with Gasteiger partial charge in [0, 0.05) is 5.92 Å². The van der Waals surface area contributed by atoms with Gasteiger partial charge in [-0.3, -0.25) is 4.79 Å². The van der Waals surface area contributed by atoms with Gasteiger partial charge in [-0.2, -0.15) is 0 Å². The van der Waals surface area contributed by atoms with Crippen molar-refractivity contribution in [3.8, 4) is 0 Å². The molecule has 1 aliphatic heterocycles. The molecule has 1 saturated heterocycles. The normalized spacial score (nSPS) is 34.1. The Hall–Kier alpha value is -0.353. The van der Waals surface area contributed by atoms with Crippen molar-refractivity contribution in [3.63, 3.8) is 0 Å². The Morgan fingerprint density at radius 2 is 1.93 bits per heavy atom. The third-order valence-electron chi connectivity index (χ3n) is 2.40. The Bertz CT molecular complexity index is 222. The standard InChI is InChI=1S/C10H20O3Si/c1-7-6-12-10(11)8(2)9(7)13-14(3,4)5/h7-9H,6H2,1-5H3/t7-,8-,9+/m1/s1. The van der Waals surface area contributed by atoms with Crippen LogP contribution in [0.15, 0.2) is 0 Å². The van der Waals surface area contributed by atoms with E-state index in [4.69, 9.17) is 9.16 Å². The first-order valence-corrected chi connectivity index (χ1v) is 8.56. The van der Waals surface area contributed by atoms with Gasteiger partial charge in [-0.1, -0.05) is 6.92 Å². The van der Waals surface area contributed by atoms with Gasteiger partial charge in [-0.05, 0) is 26.6 Å². The Morgan fingerprint density at radius 1 is 1.36 bits per heavy atom. The maximum absolute atomic E-state index is 11.3. The van der Waals surface area contributed by atoms with Crippen molar-refractivity contribution in [1.29, 1.82) is 0 Å². The number of hydrogen-bond donors (Lipinski definition) is 0. The maximum Gasteiger partial charge on any atom is 0.311 e. The fourth-order valence-corrected chi connectivity index (χ4v) is 2.95. The lowest BCUT2D eigenvalue weighted by atomic mass is 9.92. The molecule has 0 radical (unpaired) electrons. The minimum absolute atomic E-state index is 0.0444. The molecule has 3 nitrogen and oxygen atoms in total. The second-order valence-electron chi connectivity index (χ2n) is 5.09. The summed E-state index contributed by atoms with van der Waals surface area (Å²) >= 11 is 0. The monoisotopic (exact) mass is 216 g/mol. The third kappa shape index (κ3) is 2.82. The molecule has 1 fully saturated rings. The molecule has 0 amide bonds. The molecule has 82 valence electrons. The highest BCUT2D eigenvalue weighted by Crippen LogP contribution is 2.26. The quantitative estimate of drug-likeness (QED) is 0.523. The second-order valence-corrected chi connectivity index (χ2v) is 9.55. The molecule has 0 unspecified atom stereocenters. The van der Waals surface area contributed by atoms with Crippen LogP contribution in [0, 0.1) is 11.8 Å². The zero-order valence-corrected chi connectivity index (χ0v) is 10.7. The van der Waals surface area contributed by atoms with Crippen LogP contribution in [-0.4, -0.2) is 27.0 Å². The van der Waals surface area contributed by atoms with E-state index >= 15 is 0 Å². The van der Waals surface area contributed by atoms with Gasteiger partial charge < -0.3 is 9.16 Å². The Kier molecular flexibility index (Phi) is 3.37. The Labute approximate surface area is 86.9 Å². The van der Waals surface area contributed by atoms with Crippen LogP contribution in [-0.2, 0) is 14.0 Å². The molecular formula is C10H20O3Si. The molecule has 1 heterocycles. The molecule has 0 spiro atoms. The summed E-state index contributed by atoms with van der Waals surface area (Å²) in [7, 11) is -1.57. The summed E-state index contributed by atoms with van der Waals surface area (Å²) in [6.45, 7) is 10.9. The van der Waals surface area contributed by atoms with Crippen molar-refractivity contribution in [1.82, 2.24) is 0 Å². The number of cyclic esters (lactones) is 1. The number of hydrogen-bond acceptors (Lipinski definition) is 3. The molecule has 4 heteroatoms. The van der Waals surface area contributed by atoms with Crippen LogP contribution in [0.25, 0.3) is 0 Å². The van der Waals surface area contributed by atoms with E-state index in [2.05, 4.69) is 26.6 Å². The molecule has 0 saturated carbocycles. The molecular weight excluding hydrogens is 196 g/mol. The van der Waals surface area contributed by atoms with Crippen molar-refractivity contribution >= 4 is 14.3 Å². The van der Waals surface area contributed by atoms with Gasteiger partial charge in [0.05, 0.1) is 18.6 Å². The molecule has 0 aromatic heterocycles. The number of carbonyl (C=O) groups is 1. The average molecular weight is 216 g/mol. The lowest BCUT2D eigenvalue weighted by Gasteiger charge is -2.37. The predicted molar refractivity (Wildman–Crippen MR) is 57.5 cm³/mol. The SMILES string of the molecule is C[C@@H]1COC(=O)[C@H](C)[C@H]1O[Si](C)(C)C. The van der Waals surface area contributed by atoms with Crippen molar-refractivity contribution in [2.24, 2.45) is 11.8 Å². The van der Waals surface area contributed by atoms with Gasteiger partial charge in [0.25, 0.3) is 0 Å². The lowest BCUT2D eigenvalue weighted by molar-refractivity contribution is -0.163. The molecule has 0 aromatic carbocycles. The molecule has 0 aromatic rings. The van der Waals surface area contributed by atoms with Crippen molar-refractivity contribution in [2.45, 2.75) is 39.6 Å². The predicted octanol–water partition coefficient (Wildman–Crippen LogP) is 2.04. The topological polar surface area (TPSA) is 35.5 Å². The fourth-order valence-electron chi connectivity index (χ4n) is 1.69. The third-order valence-corrected chi connectivity index (χ3v) is 3.38. The van der Waals surface area contributed by atoms with E-state index < -0.39 is 8.32 Å². The van der Waals surface area contributed by atoms with Crippen LogP contribution in [0.1, 0.15) is 13.8 Å². The number of rotatable bonds is 2. The molecule has 1 rings (SSSR count). The van der Waals surface area contributed by atoms with Crippen molar-refractivity contribution < 1.29 is 14.0 Å². The summed E-state index contributed by atoms with van der Waals surface area (Å²) in [5.74, 6) is 0.0752. The highest BCUT2D eigenvalue weighted by atomic mass is 28.4. The van der Waals surface area contributed by atoms with Gasteiger partial charge in [0.2, 0.25) is 0 Å². The van der Waals surface area contributed by atoms with Gasteiger partial charge in [-0.25, -0.2) is 0 Å². The molecule has 14 heavy (non-hydrogen) atoms. The number of carbonyl (C=O) groups excluding carboxylic acids is 1. The summed E-state index contributed by atoms with van der Waals surface area (Å²) in [6, 6.07) is 0. The fraction of sp³-hybridized carbons (Fsp3) is 0.900. The minimum atomic E-state index is -1.57. The van der Waals surface area contributed by atoms with Crippen LogP contribution in [0.2, 0.25) is 19.6 Å². The number of ether oxygens (including phenoxy) is 1. The molecule has 3 atom stereocenters. The molecule has 0 aliphatic carbocycles. The maximum atomic E-state index is 11.3. The summed E-state index contributed by atoms with van der Waals surface area (Å²) in [5, 5.41) is 0. The molecule has 0 N–H and O–H groups in total. The minimum Gasteiger partial charge on any atom is -0.465 e. The second kappa shape index (κ2) is 4.02. The van der Waals surface area contributed by atoms with E-state index in [9.17, 15) is 4.79 Å². The van der Waals surface area contributed by atoms with Gasteiger partial charge >= 0.3 is 5.97 Å². The first kappa shape index (κ1) is 11.7. The first-order valence-electron chi connectivity index (χ1n) is 5.16. The van der Waals surface area contributed by atoms with Crippen molar-refractivity contribution in [2.75, 3.05) is 6.61 Å². The van der Waals surface area contributed by atoms with Crippen LogP contribution in [0.5, 0.6) is 0 Å². The van der Waals surface area contributed by atoms with E-state index in [1.165, 1.54) is 0 Å². The Morgan fingerprint density at radius 3 is 2.43 bits per heavy atom. The highest BCUT2D eigenvalue weighted by Gasteiger charge is 2.38. The molecule has 1 aliphatic rings. The first-order chi connectivity index (χ1) is 6.31. The van der Waals surface area contributed by atoms with Crippen LogP contribution in [0.3, 0.4) is 0 Å². The van der Waals surface area contributed by atoms with E-state index in [0.717, 1.165) is 0 Å². The largest absolute Gasteiger partial charge is 0.465 e.